The number of benzene rings is 3. The first-order chi connectivity index (χ1) is 32.4. The van der Waals surface area contributed by atoms with Gasteiger partial charge in [-0.1, -0.05) is 88.4 Å². The lowest BCUT2D eigenvalue weighted by Gasteiger charge is -2.33. The summed E-state index contributed by atoms with van der Waals surface area (Å²) in [5.74, 6) is 1.47. The fourth-order valence-electron chi connectivity index (χ4n) is 10.6. The van der Waals surface area contributed by atoms with E-state index in [-0.39, 0.29) is 47.8 Å². The molecule has 2 aromatic heterocycles. The smallest absolute Gasteiger partial charge is 0.407 e. The van der Waals surface area contributed by atoms with Crippen LogP contribution >= 0.6 is 0 Å². The van der Waals surface area contributed by atoms with Gasteiger partial charge in [-0.05, 0) is 109 Å². The number of aromatic nitrogens is 4. The minimum Gasteiger partial charge on any atom is -0.465 e. The molecule has 352 valence electrons. The molecule has 15 heteroatoms. The molecule has 5 N–H and O–H groups in total. The normalized spacial score (nSPS) is 21.5. The highest BCUT2D eigenvalue weighted by Gasteiger charge is 2.40. The highest BCUT2D eigenvalue weighted by molar-refractivity contribution is 5.87. The van der Waals surface area contributed by atoms with Crippen LogP contribution in [0.3, 0.4) is 0 Å². The Bertz CT molecular complexity index is 2550. The second-order valence-electron chi connectivity index (χ2n) is 19.4. The Morgan fingerprint density at radius 3 is 1.48 bits per heavy atom. The molecule has 4 aliphatic rings. The number of hydrogen-bond acceptors (Lipinski definition) is 8. The third kappa shape index (κ3) is 9.50. The molecular formula is C52H63N9O6. The van der Waals surface area contributed by atoms with Gasteiger partial charge in [-0.3, -0.25) is 9.59 Å². The number of amides is 4. The lowest BCUT2D eigenvalue weighted by Crippen LogP contribution is -2.51. The van der Waals surface area contributed by atoms with Crippen molar-refractivity contribution in [2.24, 2.45) is 11.8 Å². The predicted molar refractivity (Wildman–Crippen MR) is 255 cm³/mol. The van der Waals surface area contributed by atoms with Crippen LogP contribution < -0.4 is 15.5 Å². The number of methoxy groups -OCH3 is 1. The maximum absolute atomic E-state index is 13.7. The van der Waals surface area contributed by atoms with Gasteiger partial charge in [0.1, 0.15) is 23.7 Å². The van der Waals surface area contributed by atoms with Crippen molar-refractivity contribution in [2.45, 2.75) is 121 Å². The molecule has 4 amide bonds. The van der Waals surface area contributed by atoms with Crippen LogP contribution in [-0.4, -0.2) is 91.1 Å². The SMILES string of the molecule is COC(=O)N[C@H](C(=O)N1CCC[C@H]1c1ncc(-c2ccc([C@H]3CC[C@H](c4ccc(-c5cnc([C@@H]6CCCN6C(=O)[C@@H](NC(=O)O)C(C)C)[nH]5)cc4)N3c3ccc(C4CC4)cc3)cc2)[nH]1)C(C)C. The Hall–Kier alpha value is -6.64. The number of H-pyrrole nitrogens is 2. The van der Waals surface area contributed by atoms with Gasteiger partial charge >= 0.3 is 12.2 Å². The average Bonchev–Trinajstić information content (AvgIpc) is 3.95. The maximum atomic E-state index is 13.7. The van der Waals surface area contributed by atoms with E-state index in [2.05, 4.69) is 98.3 Å². The summed E-state index contributed by atoms with van der Waals surface area (Å²) in [4.78, 5) is 73.6. The van der Waals surface area contributed by atoms with Crippen LogP contribution in [-0.2, 0) is 14.3 Å². The standard InChI is InChI=1S/C52H63N9O6/c1-30(2)45(57-51(64)65)49(62)59-26-6-8-43(59)47-53-28-39(55-47)34-12-16-36(17-13-34)41-24-25-42(61(41)38-22-20-33(21-23-38)32-10-11-32)37-18-14-35(15-19-37)40-29-54-48(56-40)44-9-7-27-60(44)50(63)46(31(3)4)58-52(66)67-5/h12-23,28-32,41-46,57H,6-11,24-27H2,1-5H3,(H,53,55)(H,54,56)(H,58,66)(H,64,65)/t41-,42-,43+,44+,45+,46+/m1/s1. The van der Waals surface area contributed by atoms with Gasteiger partial charge in [-0.15, -0.1) is 0 Å². The second kappa shape index (κ2) is 19.3. The van der Waals surface area contributed by atoms with Crippen molar-refractivity contribution in [2.75, 3.05) is 25.1 Å². The summed E-state index contributed by atoms with van der Waals surface area (Å²) in [6.07, 6.45) is 9.54. The van der Waals surface area contributed by atoms with Gasteiger partial charge in [0.15, 0.2) is 0 Å². The number of carboxylic acid groups (broad SMARTS) is 1. The molecule has 1 aliphatic carbocycles. The van der Waals surface area contributed by atoms with Gasteiger partial charge in [0.2, 0.25) is 11.8 Å². The van der Waals surface area contributed by atoms with Gasteiger partial charge in [-0.25, -0.2) is 19.6 Å². The highest BCUT2D eigenvalue weighted by Crippen LogP contribution is 2.48. The molecule has 5 aromatic rings. The number of likely N-dealkylation sites (tertiary alicyclic amines) is 2. The maximum Gasteiger partial charge on any atom is 0.407 e. The van der Waals surface area contributed by atoms with Crippen LogP contribution in [0.4, 0.5) is 15.3 Å². The summed E-state index contributed by atoms with van der Waals surface area (Å²) in [5, 5.41) is 14.5. The molecule has 3 aromatic carbocycles. The number of imidazole rings is 2. The molecule has 3 aliphatic heterocycles. The Morgan fingerprint density at radius 2 is 1.06 bits per heavy atom. The van der Waals surface area contributed by atoms with Gasteiger partial charge < -0.3 is 45.1 Å². The number of rotatable bonds is 14. The summed E-state index contributed by atoms with van der Waals surface area (Å²) in [6, 6.07) is 25.1. The second-order valence-corrected chi connectivity index (χ2v) is 19.4. The summed E-state index contributed by atoms with van der Waals surface area (Å²) < 4.78 is 4.81. The first kappa shape index (κ1) is 45.5. The first-order valence-corrected chi connectivity index (χ1v) is 24.0. The number of aromatic amines is 2. The van der Waals surface area contributed by atoms with E-state index >= 15 is 0 Å². The molecular weight excluding hydrogens is 847 g/mol. The fourth-order valence-corrected chi connectivity index (χ4v) is 10.6. The minimum absolute atomic E-state index is 0.110. The Labute approximate surface area is 392 Å². The van der Waals surface area contributed by atoms with Gasteiger partial charge in [0, 0.05) is 18.8 Å². The Kier molecular flexibility index (Phi) is 13.1. The molecule has 67 heavy (non-hydrogen) atoms. The van der Waals surface area contributed by atoms with E-state index in [9.17, 15) is 24.3 Å². The molecule has 0 bridgehead atoms. The molecule has 0 unspecified atom stereocenters. The average molecular weight is 910 g/mol. The number of carbonyl (C=O) groups excluding carboxylic acids is 3. The molecule has 4 fully saturated rings. The van der Waals surface area contributed by atoms with E-state index in [0.29, 0.717) is 24.8 Å². The van der Waals surface area contributed by atoms with Crippen LogP contribution in [0.2, 0.25) is 0 Å². The van der Waals surface area contributed by atoms with Crippen molar-refractivity contribution >= 4 is 29.7 Å². The molecule has 9 rings (SSSR count). The monoisotopic (exact) mass is 909 g/mol. The number of ether oxygens (including phenoxy) is 1. The molecule has 0 spiro atoms. The van der Waals surface area contributed by atoms with E-state index in [1.165, 1.54) is 42.3 Å². The van der Waals surface area contributed by atoms with Crippen molar-refractivity contribution in [3.05, 3.63) is 114 Å². The number of hydrogen-bond donors (Lipinski definition) is 5. The van der Waals surface area contributed by atoms with Crippen LogP contribution in [0.5, 0.6) is 0 Å². The van der Waals surface area contributed by atoms with Crippen LogP contribution in [0, 0.1) is 11.8 Å². The molecule has 1 saturated carbocycles. The summed E-state index contributed by atoms with van der Waals surface area (Å²) >= 11 is 0. The van der Waals surface area contributed by atoms with Crippen molar-refractivity contribution in [1.29, 1.82) is 0 Å². The molecule has 5 heterocycles. The van der Waals surface area contributed by atoms with Gasteiger partial charge in [0.05, 0.1) is 55.1 Å². The molecule has 0 radical (unpaired) electrons. The number of nitrogens with zero attached hydrogens (tertiary/aromatic N) is 5. The number of alkyl carbamates (subject to hydrolysis) is 1. The summed E-state index contributed by atoms with van der Waals surface area (Å²) in [6.45, 7) is 8.67. The number of nitrogens with one attached hydrogen (secondary N) is 4. The van der Waals surface area contributed by atoms with Crippen LogP contribution in [0.1, 0.15) is 137 Å². The highest BCUT2D eigenvalue weighted by atomic mass is 16.5. The van der Waals surface area contributed by atoms with E-state index in [1.54, 1.807) is 4.90 Å². The largest absolute Gasteiger partial charge is 0.465 e. The zero-order valence-corrected chi connectivity index (χ0v) is 39.1. The number of carbonyl (C=O) groups is 4. The quantitative estimate of drug-likeness (QED) is 0.0723. The van der Waals surface area contributed by atoms with E-state index in [1.807, 2.05) is 45.0 Å². The van der Waals surface area contributed by atoms with E-state index < -0.39 is 24.3 Å². The Morgan fingerprint density at radius 1 is 0.612 bits per heavy atom. The van der Waals surface area contributed by atoms with Crippen molar-refractivity contribution in [1.82, 2.24) is 40.4 Å². The molecule has 3 saturated heterocycles. The summed E-state index contributed by atoms with van der Waals surface area (Å²) in [7, 11) is 1.30. The zero-order valence-electron chi connectivity index (χ0n) is 39.1. The zero-order chi connectivity index (χ0) is 46.9. The first-order valence-electron chi connectivity index (χ1n) is 24.0. The van der Waals surface area contributed by atoms with Crippen molar-refractivity contribution in [3.8, 4) is 22.5 Å². The molecule has 15 nitrogen and oxygen atoms in total. The lowest BCUT2D eigenvalue weighted by molar-refractivity contribution is -0.136. The van der Waals surface area contributed by atoms with Gasteiger partial charge in [0.25, 0.3) is 0 Å². The lowest BCUT2D eigenvalue weighted by atomic mass is 10.0. The van der Waals surface area contributed by atoms with E-state index in [4.69, 9.17) is 14.7 Å². The van der Waals surface area contributed by atoms with Crippen LogP contribution in [0.25, 0.3) is 22.5 Å². The Balaban J connectivity index is 0.918. The van der Waals surface area contributed by atoms with Crippen LogP contribution in [0.15, 0.2) is 85.2 Å². The minimum atomic E-state index is -1.21. The summed E-state index contributed by atoms with van der Waals surface area (Å²) in [5.41, 5.74) is 8.85. The third-order valence-corrected chi connectivity index (χ3v) is 14.3. The van der Waals surface area contributed by atoms with E-state index in [0.717, 1.165) is 66.9 Å². The molecule has 6 atom stereocenters. The van der Waals surface area contributed by atoms with Crippen molar-refractivity contribution in [3.63, 3.8) is 0 Å². The predicted octanol–water partition coefficient (Wildman–Crippen LogP) is 9.43. The third-order valence-electron chi connectivity index (χ3n) is 14.3. The topological polar surface area (TPSA) is 189 Å². The fraction of sp³-hybridized carbons (Fsp3) is 0.462. The number of anilines is 1. The van der Waals surface area contributed by atoms with Crippen molar-refractivity contribution < 1.29 is 29.0 Å². The van der Waals surface area contributed by atoms with Gasteiger partial charge in [-0.2, -0.15) is 0 Å².